The van der Waals surface area contributed by atoms with Gasteiger partial charge in [-0.2, -0.15) is 0 Å². The maximum atomic E-state index is 11.5. The van der Waals surface area contributed by atoms with Gasteiger partial charge in [0.25, 0.3) is 0 Å². The molecule has 5 atom stereocenters. The summed E-state index contributed by atoms with van der Waals surface area (Å²) in [5.41, 5.74) is 0.291. The smallest absolute Gasteiger partial charge is 0.309 e. The third-order valence-electron chi connectivity index (χ3n) is 4.49. The van der Waals surface area contributed by atoms with Gasteiger partial charge in [0.05, 0.1) is 5.92 Å². The molecule has 14 heavy (non-hydrogen) atoms. The summed E-state index contributed by atoms with van der Waals surface area (Å²) in [6.45, 7) is 6.83. The Morgan fingerprint density at radius 1 is 1.29 bits per heavy atom. The molecule has 0 aromatic rings. The van der Waals surface area contributed by atoms with Crippen LogP contribution in [0.4, 0.5) is 0 Å². The Morgan fingerprint density at radius 3 is 2.64 bits per heavy atom. The van der Waals surface area contributed by atoms with E-state index in [2.05, 4.69) is 20.8 Å². The molecule has 2 aliphatic carbocycles. The van der Waals surface area contributed by atoms with Gasteiger partial charge in [0.1, 0.15) is 6.10 Å². The highest BCUT2D eigenvalue weighted by molar-refractivity contribution is 5.76. The van der Waals surface area contributed by atoms with Crippen LogP contribution in [0.2, 0.25) is 0 Å². The average Bonchev–Trinajstić information content (AvgIpc) is 2.59. The monoisotopic (exact) mass is 194 g/mol. The predicted octanol–water partition coefficient (Wildman–Crippen LogP) is 2.23. The lowest BCUT2D eigenvalue weighted by molar-refractivity contribution is -0.145. The molecular formula is C12H18O2. The second kappa shape index (κ2) is 2.34. The van der Waals surface area contributed by atoms with Gasteiger partial charge in [-0.25, -0.2) is 0 Å². The first kappa shape index (κ1) is 8.75. The average molecular weight is 194 g/mol. The summed E-state index contributed by atoms with van der Waals surface area (Å²) >= 11 is 0. The van der Waals surface area contributed by atoms with E-state index in [1.807, 2.05) is 0 Å². The quantitative estimate of drug-likeness (QED) is 0.553. The number of rotatable bonds is 0. The molecule has 2 bridgehead atoms. The summed E-state index contributed by atoms with van der Waals surface area (Å²) < 4.78 is 5.54. The van der Waals surface area contributed by atoms with Crippen LogP contribution in [0.15, 0.2) is 0 Å². The largest absolute Gasteiger partial charge is 0.461 e. The maximum Gasteiger partial charge on any atom is 0.309 e. The van der Waals surface area contributed by atoms with Crippen LogP contribution in [0.25, 0.3) is 0 Å². The highest BCUT2D eigenvalue weighted by atomic mass is 16.6. The highest BCUT2D eigenvalue weighted by Gasteiger charge is 2.63. The van der Waals surface area contributed by atoms with Crippen molar-refractivity contribution in [1.29, 1.82) is 0 Å². The summed E-state index contributed by atoms with van der Waals surface area (Å²) in [6, 6.07) is 0. The standard InChI is InChI=1S/C12H18O2/c1-12(2,3)9-6-4-7-8(5-6)11(13)14-10(7)9/h6-10H,4-5H2,1-3H3. The van der Waals surface area contributed by atoms with Gasteiger partial charge >= 0.3 is 5.97 Å². The van der Waals surface area contributed by atoms with Crippen molar-refractivity contribution >= 4 is 5.97 Å². The van der Waals surface area contributed by atoms with Crippen molar-refractivity contribution in [3.05, 3.63) is 0 Å². The normalized spacial score (nSPS) is 49.9. The zero-order valence-electron chi connectivity index (χ0n) is 9.12. The molecule has 5 unspecified atom stereocenters. The molecule has 1 heterocycles. The van der Waals surface area contributed by atoms with Gasteiger partial charge in [0.15, 0.2) is 0 Å². The Kier molecular flexibility index (Phi) is 1.46. The van der Waals surface area contributed by atoms with Crippen LogP contribution >= 0.6 is 0 Å². The molecule has 78 valence electrons. The molecule has 2 heteroatoms. The number of ether oxygens (including phenoxy) is 1. The van der Waals surface area contributed by atoms with E-state index in [9.17, 15) is 4.79 Å². The first-order chi connectivity index (χ1) is 6.48. The molecule has 0 N–H and O–H groups in total. The van der Waals surface area contributed by atoms with Crippen molar-refractivity contribution in [2.24, 2.45) is 29.1 Å². The van der Waals surface area contributed by atoms with E-state index in [4.69, 9.17) is 4.74 Å². The maximum absolute atomic E-state index is 11.5. The Morgan fingerprint density at radius 2 is 2.00 bits per heavy atom. The van der Waals surface area contributed by atoms with Gasteiger partial charge < -0.3 is 4.74 Å². The Balaban J connectivity index is 1.96. The van der Waals surface area contributed by atoms with E-state index < -0.39 is 0 Å². The molecule has 0 amide bonds. The topological polar surface area (TPSA) is 26.3 Å². The molecular weight excluding hydrogens is 176 g/mol. The van der Waals surface area contributed by atoms with Crippen molar-refractivity contribution < 1.29 is 9.53 Å². The minimum absolute atomic E-state index is 0.0919. The molecule has 0 radical (unpaired) electrons. The number of hydrogen-bond acceptors (Lipinski definition) is 2. The van der Waals surface area contributed by atoms with Crippen LogP contribution in [-0.2, 0) is 9.53 Å². The second-order valence-corrected chi connectivity index (χ2v) is 6.30. The Hall–Kier alpha value is -0.530. The van der Waals surface area contributed by atoms with Crippen LogP contribution in [0.1, 0.15) is 33.6 Å². The zero-order chi connectivity index (χ0) is 10.1. The minimum Gasteiger partial charge on any atom is -0.461 e. The Labute approximate surface area is 85.0 Å². The van der Waals surface area contributed by atoms with Crippen LogP contribution < -0.4 is 0 Å². The Bertz CT molecular complexity index is 289. The number of carbonyl (C=O) groups excluding carboxylic acids is 1. The van der Waals surface area contributed by atoms with Crippen LogP contribution in [0, 0.1) is 29.1 Å². The van der Waals surface area contributed by atoms with Crippen molar-refractivity contribution in [1.82, 2.24) is 0 Å². The minimum atomic E-state index is 0.0919. The van der Waals surface area contributed by atoms with Crippen molar-refractivity contribution in [2.75, 3.05) is 0 Å². The molecule has 3 aliphatic rings. The number of hydrogen-bond donors (Lipinski definition) is 0. The predicted molar refractivity (Wildman–Crippen MR) is 52.5 cm³/mol. The van der Waals surface area contributed by atoms with E-state index in [0.29, 0.717) is 17.3 Å². The van der Waals surface area contributed by atoms with Gasteiger partial charge in [-0.15, -0.1) is 0 Å². The molecule has 0 aromatic carbocycles. The molecule has 1 saturated heterocycles. The third-order valence-corrected chi connectivity index (χ3v) is 4.49. The van der Waals surface area contributed by atoms with E-state index in [1.165, 1.54) is 6.42 Å². The van der Waals surface area contributed by atoms with Crippen LogP contribution in [0.3, 0.4) is 0 Å². The molecule has 2 saturated carbocycles. The fourth-order valence-electron chi connectivity index (χ4n) is 4.16. The fraction of sp³-hybridized carbons (Fsp3) is 0.917. The lowest BCUT2D eigenvalue weighted by Gasteiger charge is -2.36. The molecule has 1 aliphatic heterocycles. The summed E-state index contributed by atoms with van der Waals surface area (Å²) in [5, 5.41) is 0. The SMILES string of the molecule is CC(C)(C)C1C2CC3C(=O)OC1C3C2. The van der Waals surface area contributed by atoms with Crippen molar-refractivity contribution in [3.63, 3.8) is 0 Å². The lowest BCUT2D eigenvalue weighted by Crippen LogP contribution is -2.36. The molecule has 0 aromatic heterocycles. The number of esters is 1. The van der Waals surface area contributed by atoms with Gasteiger partial charge in [-0.05, 0) is 24.2 Å². The van der Waals surface area contributed by atoms with E-state index in [0.717, 1.165) is 12.3 Å². The van der Waals surface area contributed by atoms with Crippen LogP contribution in [0.5, 0.6) is 0 Å². The summed E-state index contributed by atoms with van der Waals surface area (Å²) in [4.78, 5) is 11.5. The first-order valence-electron chi connectivity index (χ1n) is 5.69. The first-order valence-corrected chi connectivity index (χ1v) is 5.69. The van der Waals surface area contributed by atoms with E-state index >= 15 is 0 Å². The zero-order valence-corrected chi connectivity index (χ0v) is 9.12. The molecule has 3 fully saturated rings. The van der Waals surface area contributed by atoms with Gasteiger partial charge in [0, 0.05) is 11.8 Å². The van der Waals surface area contributed by atoms with Gasteiger partial charge in [-0.3, -0.25) is 4.79 Å². The number of fused-ring (bicyclic) bond motifs is 1. The molecule has 0 spiro atoms. The van der Waals surface area contributed by atoms with E-state index in [-0.39, 0.29) is 18.0 Å². The van der Waals surface area contributed by atoms with Gasteiger partial charge in [-0.1, -0.05) is 20.8 Å². The van der Waals surface area contributed by atoms with Crippen LogP contribution in [-0.4, -0.2) is 12.1 Å². The van der Waals surface area contributed by atoms with Crippen molar-refractivity contribution in [3.8, 4) is 0 Å². The number of carbonyl (C=O) groups is 1. The summed E-state index contributed by atoms with van der Waals surface area (Å²) in [5.74, 6) is 2.28. The summed E-state index contributed by atoms with van der Waals surface area (Å²) in [6.07, 6.45) is 2.59. The third kappa shape index (κ3) is 0.896. The van der Waals surface area contributed by atoms with Gasteiger partial charge in [0.2, 0.25) is 0 Å². The fourth-order valence-corrected chi connectivity index (χ4v) is 4.16. The van der Waals surface area contributed by atoms with E-state index in [1.54, 1.807) is 0 Å². The molecule has 3 rings (SSSR count). The second-order valence-electron chi connectivity index (χ2n) is 6.30. The molecule has 2 nitrogen and oxygen atoms in total. The van der Waals surface area contributed by atoms with Crippen molar-refractivity contribution in [2.45, 2.75) is 39.7 Å². The highest BCUT2D eigenvalue weighted by Crippen LogP contribution is 2.61. The lowest BCUT2D eigenvalue weighted by atomic mass is 9.69. The summed E-state index contributed by atoms with van der Waals surface area (Å²) in [7, 11) is 0.